The van der Waals surface area contributed by atoms with Crippen LogP contribution in [0, 0.1) is 12.7 Å². The van der Waals surface area contributed by atoms with Crippen molar-refractivity contribution in [1.29, 1.82) is 0 Å². The molecule has 1 saturated heterocycles. The SMILES string of the molecule is CCCN1CCCC(c2nc(N)nc(-c3cccc(-c4ccnc(N)c4F)n3)c2C)C1. The lowest BCUT2D eigenvalue weighted by atomic mass is 9.91. The molecule has 3 aromatic heterocycles. The molecule has 4 heterocycles. The summed E-state index contributed by atoms with van der Waals surface area (Å²) in [7, 11) is 0. The number of likely N-dealkylation sites (tertiary alicyclic amines) is 1. The highest BCUT2D eigenvalue weighted by Crippen LogP contribution is 2.33. The zero-order valence-electron chi connectivity index (χ0n) is 18.0. The average molecular weight is 422 g/mol. The molecule has 0 bridgehead atoms. The summed E-state index contributed by atoms with van der Waals surface area (Å²) in [5.74, 6) is -0.187. The maximum atomic E-state index is 14.5. The van der Waals surface area contributed by atoms with Gasteiger partial charge >= 0.3 is 0 Å². The van der Waals surface area contributed by atoms with Gasteiger partial charge in [-0.15, -0.1) is 0 Å². The predicted octanol–water partition coefficient (Wildman–Crippen LogP) is 3.80. The van der Waals surface area contributed by atoms with Gasteiger partial charge in [0.05, 0.1) is 22.8 Å². The van der Waals surface area contributed by atoms with Gasteiger partial charge in [0, 0.05) is 24.2 Å². The van der Waals surface area contributed by atoms with Crippen LogP contribution in [0.2, 0.25) is 0 Å². The van der Waals surface area contributed by atoms with Gasteiger partial charge in [-0.1, -0.05) is 13.0 Å². The van der Waals surface area contributed by atoms with Crippen molar-refractivity contribution in [1.82, 2.24) is 24.8 Å². The van der Waals surface area contributed by atoms with Crippen molar-refractivity contribution in [2.24, 2.45) is 0 Å². The minimum absolute atomic E-state index is 0.150. The fourth-order valence-corrected chi connectivity index (χ4v) is 4.37. The number of hydrogen-bond donors (Lipinski definition) is 2. The predicted molar refractivity (Wildman–Crippen MR) is 121 cm³/mol. The van der Waals surface area contributed by atoms with Crippen LogP contribution in [0.25, 0.3) is 22.6 Å². The molecule has 0 aliphatic carbocycles. The highest BCUT2D eigenvalue weighted by atomic mass is 19.1. The molecule has 7 nitrogen and oxygen atoms in total. The van der Waals surface area contributed by atoms with Crippen molar-refractivity contribution in [2.75, 3.05) is 31.1 Å². The Hall–Kier alpha value is -3.13. The Kier molecular flexibility index (Phi) is 6.08. The summed E-state index contributed by atoms with van der Waals surface area (Å²) in [6, 6.07) is 6.99. The second-order valence-electron chi connectivity index (χ2n) is 8.05. The Bertz CT molecular complexity index is 1080. The zero-order valence-corrected chi connectivity index (χ0v) is 18.0. The number of nitrogen functional groups attached to an aromatic ring is 2. The van der Waals surface area contributed by atoms with Crippen LogP contribution >= 0.6 is 0 Å². The molecule has 1 aliphatic rings. The number of piperidine rings is 1. The smallest absolute Gasteiger partial charge is 0.220 e. The summed E-state index contributed by atoms with van der Waals surface area (Å²) in [5.41, 5.74) is 15.8. The molecule has 31 heavy (non-hydrogen) atoms. The molecule has 1 atom stereocenters. The fourth-order valence-electron chi connectivity index (χ4n) is 4.37. The van der Waals surface area contributed by atoms with Crippen LogP contribution in [0.5, 0.6) is 0 Å². The maximum absolute atomic E-state index is 14.5. The van der Waals surface area contributed by atoms with Crippen molar-refractivity contribution >= 4 is 11.8 Å². The van der Waals surface area contributed by atoms with Gasteiger partial charge in [0.1, 0.15) is 0 Å². The molecule has 0 radical (unpaired) electrons. The summed E-state index contributed by atoms with van der Waals surface area (Å²) in [6.45, 7) is 7.41. The zero-order chi connectivity index (χ0) is 22.0. The summed E-state index contributed by atoms with van der Waals surface area (Å²) in [4.78, 5) is 20.0. The molecule has 1 unspecified atom stereocenters. The highest BCUT2D eigenvalue weighted by molar-refractivity contribution is 5.68. The number of rotatable bonds is 5. The van der Waals surface area contributed by atoms with Crippen molar-refractivity contribution < 1.29 is 4.39 Å². The quantitative estimate of drug-likeness (QED) is 0.645. The lowest BCUT2D eigenvalue weighted by molar-refractivity contribution is 0.206. The van der Waals surface area contributed by atoms with Gasteiger partial charge < -0.3 is 16.4 Å². The first kappa shape index (κ1) is 21.1. The van der Waals surface area contributed by atoms with Gasteiger partial charge in [-0.05, 0) is 63.0 Å². The van der Waals surface area contributed by atoms with E-state index in [0.717, 1.165) is 50.2 Å². The summed E-state index contributed by atoms with van der Waals surface area (Å²) < 4.78 is 14.5. The number of halogens is 1. The van der Waals surface area contributed by atoms with E-state index in [2.05, 4.69) is 31.8 Å². The van der Waals surface area contributed by atoms with Gasteiger partial charge in [-0.3, -0.25) is 0 Å². The van der Waals surface area contributed by atoms with E-state index in [0.29, 0.717) is 28.6 Å². The Morgan fingerprint density at radius 1 is 1.13 bits per heavy atom. The van der Waals surface area contributed by atoms with E-state index in [-0.39, 0.29) is 11.8 Å². The molecular weight excluding hydrogens is 393 g/mol. The molecule has 4 rings (SSSR count). The molecule has 0 spiro atoms. The lowest BCUT2D eigenvalue weighted by Crippen LogP contribution is -2.35. The maximum Gasteiger partial charge on any atom is 0.220 e. The number of pyridine rings is 2. The van der Waals surface area contributed by atoms with Crippen LogP contribution < -0.4 is 11.5 Å². The number of hydrogen-bond acceptors (Lipinski definition) is 7. The summed E-state index contributed by atoms with van der Waals surface area (Å²) in [5, 5.41) is 0. The first-order chi connectivity index (χ1) is 15.0. The van der Waals surface area contributed by atoms with Gasteiger partial charge in [0.15, 0.2) is 11.6 Å². The first-order valence-corrected chi connectivity index (χ1v) is 10.7. The Morgan fingerprint density at radius 2 is 1.94 bits per heavy atom. The van der Waals surface area contributed by atoms with E-state index >= 15 is 0 Å². The van der Waals surface area contributed by atoms with Crippen LogP contribution in [0.15, 0.2) is 30.5 Å². The Labute approximate surface area is 181 Å². The molecule has 8 heteroatoms. The normalized spacial score (nSPS) is 17.1. The number of nitrogens with zero attached hydrogens (tertiary/aromatic N) is 5. The molecule has 0 aromatic carbocycles. The van der Waals surface area contributed by atoms with E-state index in [1.165, 1.54) is 6.20 Å². The van der Waals surface area contributed by atoms with Crippen LogP contribution in [-0.4, -0.2) is 44.5 Å². The number of anilines is 2. The van der Waals surface area contributed by atoms with Crippen LogP contribution in [0.4, 0.5) is 16.2 Å². The van der Waals surface area contributed by atoms with E-state index in [9.17, 15) is 4.39 Å². The van der Waals surface area contributed by atoms with E-state index in [1.807, 2.05) is 19.1 Å². The van der Waals surface area contributed by atoms with E-state index < -0.39 is 5.82 Å². The van der Waals surface area contributed by atoms with Gasteiger partial charge in [-0.25, -0.2) is 24.3 Å². The van der Waals surface area contributed by atoms with Crippen LogP contribution in [0.1, 0.15) is 43.4 Å². The second-order valence-corrected chi connectivity index (χ2v) is 8.05. The van der Waals surface area contributed by atoms with Crippen molar-refractivity contribution in [2.45, 2.75) is 39.0 Å². The lowest BCUT2D eigenvalue weighted by Gasteiger charge is -2.33. The third kappa shape index (κ3) is 4.34. The molecule has 1 aliphatic heterocycles. The summed E-state index contributed by atoms with van der Waals surface area (Å²) in [6.07, 6.45) is 4.82. The molecular formula is C23H28FN7. The van der Waals surface area contributed by atoms with Crippen molar-refractivity contribution in [3.05, 3.63) is 47.5 Å². The fraction of sp³-hybridized carbons (Fsp3) is 0.391. The van der Waals surface area contributed by atoms with E-state index in [4.69, 9.17) is 11.5 Å². The highest BCUT2D eigenvalue weighted by Gasteiger charge is 2.26. The summed E-state index contributed by atoms with van der Waals surface area (Å²) >= 11 is 0. The molecule has 0 saturated carbocycles. The van der Waals surface area contributed by atoms with Crippen molar-refractivity contribution in [3.8, 4) is 22.6 Å². The number of nitrogens with two attached hydrogens (primary N) is 2. The van der Waals surface area contributed by atoms with Crippen molar-refractivity contribution in [3.63, 3.8) is 0 Å². The monoisotopic (exact) mass is 421 g/mol. The van der Waals surface area contributed by atoms with Crippen LogP contribution in [0.3, 0.4) is 0 Å². The Balaban J connectivity index is 1.73. The molecule has 0 amide bonds. The van der Waals surface area contributed by atoms with Gasteiger partial charge in [0.25, 0.3) is 0 Å². The average Bonchev–Trinajstić information content (AvgIpc) is 2.77. The molecule has 1 fully saturated rings. The minimum atomic E-state index is -0.579. The van der Waals surface area contributed by atoms with Gasteiger partial charge in [0.2, 0.25) is 5.95 Å². The Morgan fingerprint density at radius 3 is 2.74 bits per heavy atom. The molecule has 162 valence electrons. The third-order valence-electron chi connectivity index (χ3n) is 5.82. The minimum Gasteiger partial charge on any atom is -0.381 e. The second kappa shape index (κ2) is 8.93. The largest absolute Gasteiger partial charge is 0.381 e. The third-order valence-corrected chi connectivity index (χ3v) is 5.82. The van der Waals surface area contributed by atoms with E-state index in [1.54, 1.807) is 12.1 Å². The van der Waals surface area contributed by atoms with Crippen LogP contribution in [-0.2, 0) is 0 Å². The van der Waals surface area contributed by atoms with Gasteiger partial charge in [-0.2, -0.15) is 0 Å². The molecule has 3 aromatic rings. The molecule has 4 N–H and O–H groups in total. The first-order valence-electron chi connectivity index (χ1n) is 10.7. The topological polar surface area (TPSA) is 107 Å². The number of aromatic nitrogens is 4. The standard InChI is InChI=1S/C23H28FN7/c1-3-11-31-12-5-6-15(13-31)20-14(2)21(30-23(26)29-20)18-8-4-7-17(28-18)16-9-10-27-22(25)19(16)24/h4,7-10,15H,3,5-6,11-13H2,1-2H3,(H2,25,27)(H2,26,29,30).